The van der Waals surface area contributed by atoms with Crippen LogP contribution in [0.4, 0.5) is 5.69 Å². The Morgan fingerprint density at radius 1 is 1.10 bits per heavy atom. The molecule has 0 atom stereocenters. The Morgan fingerprint density at radius 2 is 1.71 bits per heavy atom. The van der Waals surface area contributed by atoms with E-state index in [1.807, 2.05) is 0 Å². The molecule has 0 aromatic heterocycles. The van der Waals surface area contributed by atoms with Gasteiger partial charge in [-0.15, -0.1) is 0 Å². The normalized spacial score (nSPS) is 16.0. The van der Waals surface area contributed by atoms with E-state index in [0.717, 1.165) is 19.6 Å². The first-order valence-electron chi connectivity index (χ1n) is 8.16. The Labute approximate surface area is 130 Å². The largest absolute Gasteiger partial charge is 0.372 e. The molecule has 118 valence electrons. The molecule has 1 fully saturated rings. The SMILES string of the molecule is CN(C)CC(C)(C)CNCc1ccc(N2CCCC2)cc1. The third-order valence-corrected chi connectivity index (χ3v) is 4.08. The predicted molar refractivity (Wildman–Crippen MR) is 91.9 cm³/mol. The lowest BCUT2D eigenvalue weighted by molar-refractivity contribution is 0.232. The van der Waals surface area contributed by atoms with Crippen LogP contribution in [0.3, 0.4) is 0 Å². The zero-order valence-electron chi connectivity index (χ0n) is 14.2. The van der Waals surface area contributed by atoms with Gasteiger partial charge in [-0.2, -0.15) is 0 Å². The fourth-order valence-electron chi connectivity index (χ4n) is 3.26. The van der Waals surface area contributed by atoms with Gasteiger partial charge in [-0.3, -0.25) is 0 Å². The van der Waals surface area contributed by atoms with Crippen molar-refractivity contribution in [3.05, 3.63) is 29.8 Å². The summed E-state index contributed by atoms with van der Waals surface area (Å²) in [5.41, 5.74) is 3.06. The van der Waals surface area contributed by atoms with Gasteiger partial charge in [-0.05, 0) is 50.0 Å². The summed E-state index contributed by atoms with van der Waals surface area (Å²) in [4.78, 5) is 4.74. The molecule has 0 spiro atoms. The molecule has 1 aromatic carbocycles. The van der Waals surface area contributed by atoms with Crippen LogP contribution in [-0.2, 0) is 6.54 Å². The molecule has 1 N–H and O–H groups in total. The van der Waals surface area contributed by atoms with E-state index in [9.17, 15) is 0 Å². The van der Waals surface area contributed by atoms with Crippen LogP contribution in [0.5, 0.6) is 0 Å². The molecule has 2 rings (SSSR count). The second-order valence-corrected chi connectivity index (χ2v) is 7.37. The number of benzene rings is 1. The van der Waals surface area contributed by atoms with E-state index in [-0.39, 0.29) is 0 Å². The van der Waals surface area contributed by atoms with Crippen molar-refractivity contribution in [2.24, 2.45) is 5.41 Å². The zero-order valence-corrected chi connectivity index (χ0v) is 14.2. The third-order valence-electron chi connectivity index (χ3n) is 4.08. The molecule has 1 aromatic rings. The molecule has 0 unspecified atom stereocenters. The van der Waals surface area contributed by atoms with Crippen LogP contribution in [0.2, 0.25) is 0 Å². The molecule has 21 heavy (non-hydrogen) atoms. The summed E-state index contributed by atoms with van der Waals surface area (Å²) in [6.07, 6.45) is 2.68. The second kappa shape index (κ2) is 7.28. The molecule has 0 saturated carbocycles. The first-order valence-corrected chi connectivity index (χ1v) is 8.16. The quantitative estimate of drug-likeness (QED) is 0.832. The van der Waals surface area contributed by atoms with Gasteiger partial charge in [-0.1, -0.05) is 26.0 Å². The van der Waals surface area contributed by atoms with Crippen LogP contribution in [0.1, 0.15) is 32.3 Å². The minimum absolute atomic E-state index is 0.305. The van der Waals surface area contributed by atoms with Crippen molar-refractivity contribution < 1.29 is 0 Å². The summed E-state index contributed by atoms with van der Waals surface area (Å²) >= 11 is 0. The van der Waals surface area contributed by atoms with Crippen LogP contribution < -0.4 is 10.2 Å². The number of nitrogens with one attached hydrogen (secondary N) is 1. The summed E-state index contributed by atoms with van der Waals surface area (Å²) in [5.74, 6) is 0. The topological polar surface area (TPSA) is 18.5 Å². The highest BCUT2D eigenvalue weighted by molar-refractivity contribution is 5.48. The predicted octanol–water partition coefficient (Wildman–Crippen LogP) is 2.96. The average molecular weight is 289 g/mol. The van der Waals surface area contributed by atoms with E-state index in [0.29, 0.717) is 5.41 Å². The van der Waals surface area contributed by atoms with Crippen LogP contribution in [0.25, 0.3) is 0 Å². The maximum atomic E-state index is 3.60. The molecule has 0 bridgehead atoms. The monoisotopic (exact) mass is 289 g/mol. The summed E-state index contributed by atoms with van der Waals surface area (Å²) in [6, 6.07) is 9.07. The summed E-state index contributed by atoms with van der Waals surface area (Å²) < 4.78 is 0. The van der Waals surface area contributed by atoms with Gasteiger partial charge in [0.15, 0.2) is 0 Å². The Balaban J connectivity index is 1.78. The molecule has 1 heterocycles. The highest BCUT2D eigenvalue weighted by atomic mass is 15.1. The number of rotatable bonds is 7. The minimum Gasteiger partial charge on any atom is -0.372 e. The van der Waals surface area contributed by atoms with Crippen LogP contribution in [-0.4, -0.2) is 45.2 Å². The minimum atomic E-state index is 0.305. The van der Waals surface area contributed by atoms with Crippen molar-refractivity contribution in [1.82, 2.24) is 10.2 Å². The van der Waals surface area contributed by atoms with Gasteiger partial charge in [-0.25, -0.2) is 0 Å². The number of hydrogen-bond acceptors (Lipinski definition) is 3. The molecule has 1 aliphatic rings. The first kappa shape index (κ1) is 16.3. The Hall–Kier alpha value is -1.06. The number of nitrogens with zero attached hydrogens (tertiary/aromatic N) is 2. The summed E-state index contributed by atoms with van der Waals surface area (Å²) in [5, 5.41) is 3.60. The molecular formula is C18H31N3. The molecular weight excluding hydrogens is 258 g/mol. The molecule has 0 radical (unpaired) electrons. The lowest BCUT2D eigenvalue weighted by Gasteiger charge is -2.28. The van der Waals surface area contributed by atoms with Gasteiger partial charge in [0.2, 0.25) is 0 Å². The Morgan fingerprint density at radius 3 is 2.29 bits per heavy atom. The molecule has 1 saturated heterocycles. The molecule has 3 nitrogen and oxygen atoms in total. The van der Waals surface area contributed by atoms with Gasteiger partial charge < -0.3 is 15.1 Å². The van der Waals surface area contributed by atoms with Gasteiger partial charge in [0.25, 0.3) is 0 Å². The Kier molecular flexibility index (Phi) is 5.65. The van der Waals surface area contributed by atoms with Crippen LogP contribution in [0, 0.1) is 5.41 Å². The van der Waals surface area contributed by atoms with Crippen molar-refractivity contribution >= 4 is 5.69 Å². The first-order chi connectivity index (χ1) is 9.96. The van der Waals surface area contributed by atoms with Gasteiger partial charge >= 0.3 is 0 Å². The maximum Gasteiger partial charge on any atom is 0.0366 e. The zero-order chi connectivity index (χ0) is 15.3. The third kappa shape index (κ3) is 5.33. The lowest BCUT2D eigenvalue weighted by atomic mass is 9.93. The van der Waals surface area contributed by atoms with Gasteiger partial charge in [0.1, 0.15) is 0 Å². The molecule has 0 aliphatic carbocycles. The van der Waals surface area contributed by atoms with E-state index in [4.69, 9.17) is 0 Å². The van der Waals surface area contributed by atoms with E-state index < -0.39 is 0 Å². The smallest absolute Gasteiger partial charge is 0.0366 e. The fraction of sp³-hybridized carbons (Fsp3) is 0.667. The Bertz CT molecular complexity index is 417. The lowest BCUT2D eigenvalue weighted by Crippen LogP contribution is -2.37. The molecule has 0 amide bonds. The molecule has 1 aliphatic heterocycles. The number of anilines is 1. The molecule has 3 heteroatoms. The van der Waals surface area contributed by atoms with Crippen LogP contribution in [0.15, 0.2) is 24.3 Å². The maximum absolute atomic E-state index is 3.60. The van der Waals surface area contributed by atoms with Crippen LogP contribution >= 0.6 is 0 Å². The van der Waals surface area contributed by atoms with Gasteiger partial charge in [0.05, 0.1) is 0 Å². The van der Waals surface area contributed by atoms with E-state index >= 15 is 0 Å². The fourth-order valence-corrected chi connectivity index (χ4v) is 3.26. The average Bonchev–Trinajstić information content (AvgIpc) is 2.91. The van der Waals surface area contributed by atoms with Crippen molar-refractivity contribution in [2.45, 2.75) is 33.2 Å². The summed E-state index contributed by atoms with van der Waals surface area (Å²) in [6.45, 7) is 10.2. The number of hydrogen-bond donors (Lipinski definition) is 1. The highest BCUT2D eigenvalue weighted by Crippen LogP contribution is 2.20. The second-order valence-electron chi connectivity index (χ2n) is 7.37. The van der Waals surface area contributed by atoms with Gasteiger partial charge in [0, 0.05) is 38.4 Å². The van der Waals surface area contributed by atoms with E-state index in [1.54, 1.807) is 0 Å². The van der Waals surface area contributed by atoms with Crippen molar-refractivity contribution in [1.29, 1.82) is 0 Å². The van der Waals surface area contributed by atoms with Crippen molar-refractivity contribution in [3.8, 4) is 0 Å². The highest BCUT2D eigenvalue weighted by Gasteiger charge is 2.18. The van der Waals surface area contributed by atoms with E-state index in [1.165, 1.54) is 37.2 Å². The standard InChI is InChI=1S/C18H31N3/c1-18(2,15-20(3)4)14-19-13-16-7-9-17(10-8-16)21-11-5-6-12-21/h7-10,19H,5-6,11-15H2,1-4H3. The van der Waals surface area contributed by atoms with Crippen molar-refractivity contribution in [3.63, 3.8) is 0 Å². The van der Waals surface area contributed by atoms with Crippen molar-refractivity contribution in [2.75, 3.05) is 45.2 Å². The summed E-state index contributed by atoms with van der Waals surface area (Å²) in [7, 11) is 4.28. The van der Waals surface area contributed by atoms with E-state index in [2.05, 4.69) is 67.3 Å².